The molecule has 1 N–H and O–H groups in total. The first kappa shape index (κ1) is 21.9. The van der Waals surface area contributed by atoms with Crippen LogP contribution in [0.1, 0.15) is 42.3 Å². The van der Waals surface area contributed by atoms with Crippen molar-refractivity contribution in [3.8, 4) is 5.75 Å². The van der Waals surface area contributed by atoms with Crippen molar-refractivity contribution < 1.29 is 17.9 Å². The average molecular weight is 405 g/mol. The number of methoxy groups -OCH3 is 1. The smallest absolute Gasteiger partial charge is 0.256 e. The minimum atomic E-state index is -3.63. The highest BCUT2D eigenvalue weighted by Gasteiger charge is 2.22. The lowest BCUT2D eigenvalue weighted by Crippen LogP contribution is -2.23. The van der Waals surface area contributed by atoms with Gasteiger partial charge in [0.1, 0.15) is 5.75 Å². The number of hydrogen-bond donors (Lipinski definition) is 1. The molecule has 0 aliphatic rings. The van der Waals surface area contributed by atoms with Crippen LogP contribution in [0.2, 0.25) is 0 Å². The van der Waals surface area contributed by atoms with E-state index in [1.165, 1.54) is 33.3 Å². The maximum Gasteiger partial charge on any atom is 0.256 e. The van der Waals surface area contributed by atoms with Crippen LogP contribution < -0.4 is 10.1 Å². The van der Waals surface area contributed by atoms with Gasteiger partial charge in [-0.3, -0.25) is 4.79 Å². The zero-order valence-electron chi connectivity index (χ0n) is 17.5. The maximum atomic E-state index is 12.9. The zero-order chi connectivity index (χ0) is 21.3. The molecule has 0 heterocycles. The fourth-order valence-corrected chi connectivity index (χ4v) is 3.61. The third-order valence-corrected chi connectivity index (χ3v) is 6.36. The van der Waals surface area contributed by atoms with Gasteiger partial charge in [-0.25, -0.2) is 12.7 Å². The first-order valence-corrected chi connectivity index (χ1v) is 10.3. The van der Waals surface area contributed by atoms with Crippen molar-refractivity contribution in [2.24, 2.45) is 0 Å². The molecule has 0 spiro atoms. The zero-order valence-corrected chi connectivity index (χ0v) is 18.3. The second kappa shape index (κ2) is 7.93. The van der Waals surface area contributed by atoms with Crippen molar-refractivity contribution in [3.63, 3.8) is 0 Å². The Labute approximate surface area is 167 Å². The van der Waals surface area contributed by atoms with E-state index < -0.39 is 15.9 Å². The normalized spacial score (nSPS) is 12.1. The van der Waals surface area contributed by atoms with Crippen molar-refractivity contribution >= 4 is 21.6 Å². The summed E-state index contributed by atoms with van der Waals surface area (Å²) < 4.78 is 31.3. The maximum absolute atomic E-state index is 12.9. The molecule has 0 saturated heterocycles. The molecule has 2 aromatic rings. The Bertz CT molecular complexity index is 990. The van der Waals surface area contributed by atoms with Crippen molar-refractivity contribution in [1.29, 1.82) is 0 Å². The topological polar surface area (TPSA) is 75.7 Å². The Morgan fingerprint density at radius 3 is 2.25 bits per heavy atom. The van der Waals surface area contributed by atoms with Gasteiger partial charge in [0.15, 0.2) is 0 Å². The molecular formula is C21H28N2O4S. The Kier molecular flexibility index (Phi) is 6.21. The highest BCUT2D eigenvalue weighted by atomic mass is 32.2. The fraction of sp³-hybridized carbons (Fsp3) is 0.381. The standard InChI is InChI=1S/C21H28N2O4S/c1-14-8-10-16(28(25,26)23(5)6)13-17(14)20(24)22-18-12-15(21(2,3)4)9-11-19(18)27-7/h8-13H,1-7H3,(H,22,24). The van der Waals surface area contributed by atoms with Crippen LogP contribution in [0.3, 0.4) is 0 Å². The SMILES string of the molecule is COc1ccc(C(C)(C)C)cc1NC(=O)c1cc(S(=O)(=O)N(C)C)ccc1C. The number of carbonyl (C=O) groups excluding carboxylic acids is 1. The minimum Gasteiger partial charge on any atom is -0.495 e. The summed E-state index contributed by atoms with van der Waals surface area (Å²) in [6.45, 7) is 8.02. The van der Waals surface area contributed by atoms with E-state index in [1.807, 2.05) is 18.2 Å². The lowest BCUT2D eigenvalue weighted by Gasteiger charge is -2.21. The monoisotopic (exact) mass is 404 g/mol. The minimum absolute atomic E-state index is 0.0728. The third-order valence-electron chi connectivity index (χ3n) is 4.55. The molecule has 0 aromatic heterocycles. The van der Waals surface area contributed by atoms with Crippen molar-refractivity contribution in [1.82, 2.24) is 4.31 Å². The number of nitrogens with zero attached hydrogens (tertiary/aromatic N) is 1. The van der Waals surface area contributed by atoms with Gasteiger partial charge >= 0.3 is 0 Å². The molecule has 0 saturated carbocycles. The first-order valence-electron chi connectivity index (χ1n) is 8.91. The second-order valence-corrected chi connectivity index (χ2v) is 10.0. The molecule has 2 aromatic carbocycles. The number of hydrogen-bond acceptors (Lipinski definition) is 4. The van der Waals surface area contributed by atoms with Crippen LogP contribution in [0.25, 0.3) is 0 Å². The van der Waals surface area contributed by atoms with Gasteiger partial charge in [-0.15, -0.1) is 0 Å². The summed E-state index contributed by atoms with van der Waals surface area (Å²) in [7, 11) is 0.818. The summed E-state index contributed by atoms with van der Waals surface area (Å²) in [5.41, 5.74) is 2.47. The highest BCUT2D eigenvalue weighted by molar-refractivity contribution is 7.89. The number of benzene rings is 2. The summed E-state index contributed by atoms with van der Waals surface area (Å²) in [5, 5.41) is 2.87. The second-order valence-electron chi connectivity index (χ2n) is 7.88. The summed E-state index contributed by atoms with van der Waals surface area (Å²) in [6, 6.07) is 10.2. The van der Waals surface area contributed by atoms with Gasteiger partial charge in [0.05, 0.1) is 17.7 Å². The first-order chi connectivity index (χ1) is 12.9. The van der Waals surface area contributed by atoms with Crippen LogP contribution in [0, 0.1) is 6.92 Å². The van der Waals surface area contributed by atoms with E-state index in [9.17, 15) is 13.2 Å². The molecule has 0 unspecified atom stereocenters. The average Bonchev–Trinajstić information content (AvgIpc) is 2.60. The lowest BCUT2D eigenvalue weighted by molar-refractivity contribution is 0.102. The molecule has 2 rings (SSSR count). The number of ether oxygens (including phenoxy) is 1. The number of amides is 1. The van der Waals surface area contributed by atoms with E-state index >= 15 is 0 Å². The molecule has 0 fully saturated rings. The van der Waals surface area contributed by atoms with Gasteiger partial charge in [-0.2, -0.15) is 0 Å². The van der Waals surface area contributed by atoms with Gasteiger partial charge in [-0.1, -0.05) is 32.9 Å². The van der Waals surface area contributed by atoms with E-state index in [1.54, 1.807) is 13.0 Å². The number of nitrogens with one attached hydrogen (secondary N) is 1. The Balaban J connectivity index is 2.46. The van der Waals surface area contributed by atoms with Crippen LogP contribution >= 0.6 is 0 Å². The van der Waals surface area contributed by atoms with Crippen molar-refractivity contribution in [2.75, 3.05) is 26.5 Å². The molecular weight excluding hydrogens is 376 g/mol. The summed E-state index contributed by atoms with van der Waals surface area (Å²) >= 11 is 0. The molecule has 7 heteroatoms. The van der Waals surface area contributed by atoms with Gasteiger partial charge in [0, 0.05) is 19.7 Å². The Hall–Kier alpha value is -2.38. The fourth-order valence-electron chi connectivity index (χ4n) is 2.68. The summed E-state index contributed by atoms with van der Waals surface area (Å²) in [4.78, 5) is 13.0. The van der Waals surface area contributed by atoms with E-state index in [0.717, 1.165) is 9.87 Å². The predicted molar refractivity (Wildman–Crippen MR) is 112 cm³/mol. The Morgan fingerprint density at radius 2 is 1.71 bits per heavy atom. The Morgan fingerprint density at radius 1 is 1.07 bits per heavy atom. The van der Waals surface area contributed by atoms with Gasteiger partial charge < -0.3 is 10.1 Å². The van der Waals surface area contributed by atoms with Crippen molar-refractivity contribution in [2.45, 2.75) is 38.0 Å². The van der Waals surface area contributed by atoms with Gasteiger partial charge in [0.25, 0.3) is 5.91 Å². The molecule has 0 atom stereocenters. The number of rotatable bonds is 5. The molecule has 1 amide bonds. The van der Waals surface area contributed by atoms with Crippen LogP contribution in [-0.4, -0.2) is 39.8 Å². The highest BCUT2D eigenvalue weighted by Crippen LogP contribution is 2.32. The van der Waals surface area contributed by atoms with Crippen LogP contribution in [0.15, 0.2) is 41.3 Å². The van der Waals surface area contributed by atoms with Crippen LogP contribution in [-0.2, 0) is 15.4 Å². The van der Waals surface area contributed by atoms with E-state index in [2.05, 4.69) is 26.1 Å². The number of anilines is 1. The van der Waals surface area contributed by atoms with E-state index in [-0.39, 0.29) is 10.3 Å². The number of carbonyl (C=O) groups is 1. The molecule has 28 heavy (non-hydrogen) atoms. The molecule has 0 radical (unpaired) electrons. The largest absolute Gasteiger partial charge is 0.495 e. The van der Waals surface area contributed by atoms with Gasteiger partial charge in [0.2, 0.25) is 10.0 Å². The summed E-state index contributed by atoms with van der Waals surface area (Å²) in [5.74, 6) is 0.147. The number of aryl methyl sites for hydroxylation is 1. The molecule has 0 bridgehead atoms. The van der Waals surface area contributed by atoms with Crippen LogP contribution in [0.5, 0.6) is 5.75 Å². The number of sulfonamides is 1. The molecule has 152 valence electrons. The molecule has 0 aliphatic heterocycles. The van der Waals surface area contributed by atoms with Crippen LogP contribution in [0.4, 0.5) is 5.69 Å². The third kappa shape index (κ3) is 4.54. The lowest BCUT2D eigenvalue weighted by atomic mass is 9.87. The van der Waals surface area contributed by atoms with E-state index in [0.29, 0.717) is 22.6 Å². The van der Waals surface area contributed by atoms with Gasteiger partial charge in [-0.05, 0) is 47.7 Å². The predicted octanol–water partition coefficient (Wildman–Crippen LogP) is 3.80. The summed E-state index contributed by atoms with van der Waals surface area (Å²) in [6.07, 6.45) is 0. The molecule has 0 aliphatic carbocycles. The quantitative estimate of drug-likeness (QED) is 0.822. The molecule has 6 nitrogen and oxygen atoms in total. The van der Waals surface area contributed by atoms with E-state index in [4.69, 9.17) is 4.74 Å². The van der Waals surface area contributed by atoms with Crippen molar-refractivity contribution in [3.05, 3.63) is 53.1 Å².